The van der Waals surface area contributed by atoms with E-state index < -0.39 is 97.5 Å². The van der Waals surface area contributed by atoms with E-state index in [9.17, 15) is 43.2 Å². The normalized spacial score (nSPS) is 14.7. The third-order valence-corrected chi connectivity index (χ3v) is 17.1. The molecule has 0 spiro atoms. The van der Waals surface area contributed by atoms with Gasteiger partial charge in [-0.1, -0.05) is 267 Å². The molecule has 0 saturated heterocycles. The number of aliphatic hydroxyl groups is 1. The summed E-state index contributed by atoms with van der Waals surface area (Å²) in [6, 6.07) is 0. The van der Waals surface area contributed by atoms with E-state index in [4.69, 9.17) is 37.0 Å². The number of esters is 4. The summed E-state index contributed by atoms with van der Waals surface area (Å²) in [6.45, 7) is 11.7. The fraction of sp³-hybridized carbons (Fsp3) is 0.938. The second-order valence-corrected chi connectivity index (χ2v) is 27.6. The molecule has 17 nitrogen and oxygen atoms in total. The molecule has 0 aromatic heterocycles. The first-order valence-electron chi connectivity index (χ1n) is 33.9. The maximum absolute atomic E-state index is 13.0. The van der Waals surface area contributed by atoms with Gasteiger partial charge in [0.2, 0.25) is 0 Å². The van der Waals surface area contributed by atoms with Crippen molar-refractivity contribution in [1.82, 2.24) is 0 Å². The average Bonchev–Trinajstić information content (AvgIpc) is 3.58. The van der Waals surface area contributed by atoms with Gasteiger partial charge >= 0.3 is 39.5 Å². The van der Waals surface area contributed by atoms with Gasteiger partial charge in [0.1, 0.15) is 19.3 Å². The van der Waals surface area contributed by atoms with Crippen molar-refractivity contribution in [3.8, 4) is 0 Å². The molecular weight excluding hydrogens is 1110 g/mol. The van der Waals surface area contributed by atoms with Crippen molar-refractivity contribution in [2.75, 3.05) is 39.6 Å². The average molecular weight is 1240 g/mol. The van der Waals surface area contributed by atoms with Gasteiger partial charge in [-0.05, 0) is 43.4 Å². The minimum absolute atomic E-state index is 0.104. The predicted octanol–water partition coefficient (Wildman–Crippen LogP) is 17.9. The first-order chi connectivity index (χ1) is 40.3. The number of phosphoric acid groups is 2. The van der Waals surface area contributed by atoms with Crippen LogP contribution in [0.15, 0.2) is 0 Å². The second-order valence-electron chi connectivity index (χ2n) is 24.7. The molecule has 19 heteroatoms. The lowest BCUT2D eigenvalue weighted by molar-refractivity contribution is -0.161. The van der Waals surface area contributed by atoms with E-state index in [1.807, 2.05) is 0 Å². The zero-order valence-corrected chi connectivity index (χ0v) is 56.1. The van der Waals surface area contributed by atoms with Crippen LogP contribution in [0.25, 0.3) is 0 Å². The topological polar surface area (TPSA) is 237 Å². The Labute approximate surface area is 511 Å². The Morgan fingerprint density at radius 1 is 0.345 bits per heavy atom. The summed E-state index contributed by atoms with van der Waals surface area (Å²) in [6.07, 6.45) is 37.6. The molecule has 84 heavy (non-hydrogen) atoms. The van der Waals surface area contributed by atoms with Crippen molar-refractivity contribution in [1.29, 1.82) is 0 Å². The number of hydrogen-bond acceptors (Lipinski definition) is 15. The summed E-state index contributed by atoms with van der Waals surface area (Å²) in [5, 5.41) is 10.5. The number of ether oxygens (including phenoxy) is 4. The third kappa shape index (κ3) is 57.8. The van der Waals surface area contributed by atoms with E-state index in [1.54, 1.807) is 0 Å². The number of unbranched alkanes of at least 4 members (excludes halogenated alkanes) is 30. The predicted molar refractivity (Wildman–Crippen MR) is 335 cm³/mol. The van der Waals surface area contributed by atoms with Crippen LogP contribution in [-0.4, -0.2) is 96.7 Å². The Morgan fingerprint density at radius 3 is 0.905 bits per heavy atom. The highest BCUT2D eigenvalue weighted by molar-refractivity contribution is 7.47. The quantitative estimate of drug-likeness (QED) is 0.0222. The summed E-state index contributed by atoms with van der Waals surface area (Å²) < 4.78 is 68.0. The van der Waals surface area contributed by atoms with Gasteiger partial charge in [-0.3, -0.25) is 37.3 Å². The van der Waals surface area contributed by atoms with Gasteiger partial charge in [0.25, 0.3) is 0 Å². The molecule has 0 bridgehead atoms. The van der Waals surface area contributed by atoms with Gasteiger partial charge in [0, 0.05) is 25.7 Å². The van der Waals surface area contributed by atoms with Crippen molar-refractivity contribution >= 4 is 39.5 Å². The van der Waals surface area contributed by atoms with Crippen LogP contribution in [0, 0.1) is 17.8 Å². The minimum atomic E-state index is -4.95. The van der Waals surface area contributed by atoms with Crippen LogP contribution in [0.3, 0.4) is 0 Å². The monoisotopic (exact) mass is 1240 g/mol. The molecule has 6 atom stereocenters. The molecule has 0 rings (SSSR count). The summed E-state index contributed by atoms with van der Waals surface area (Å²) in [7, 11) is -9.89. The Bertz CT molecular complexity index is 1670. The van der Waals surface area contributed by atoms with Gasteiger partial charge in [0.05, 0.1) is 26.4 Å². The zero-order valence-electron chi connectivity index (χ0n) is 54.4. The fourth-order valence-electron chi connectivity index (χ4n) is 9.62. The van der Waals surface area contributed by atoms with Crippen LogP contribution < -0.4 is 0 Å². The van der Waals surface area contributed by atoms with Crippen LogP contribution in [0.2, 0.25) is 0 Å². The van der Waals surface area contributed by atoms with E-state index in [1.165, 1.54) is 116 Å². The highest BCUT2D eigenvalue weighted by Crippen LogP contribution is 2.45. The Balaban J connectivity index is 5.23. The third-order valence-electron chi connectivity index (χ3n) is 15.2. The van der Waals surface area contributed by atoms with E-state index in [-0.39, 0.29) is 25.7 Å². The Morgan fingerprint density at radius 2 is 0.607 bits per heavy atom. The van der Waals surface area contributed by atoms with Gasteiger partial charge in [-0.2, -0.15) is 0 Å². The maximum Gasteiger partial charge on any atom is 0.472 e. The molecule has 0 heterocycles. The van der Waals surface area contributed by atoms with Crippen molar-refractivity contribution < 1.29 is 80.2 Å². The van der Waals surface area contributed by atoms with Crippen molar-refractivity contribution in [2.24, 2.45) is 17.8 Å². The van der Waals surface area contributed by atoms with Crippen molar-refractivity contribution in [3.05, 3.63) is 0 Å². The molecule has 0 aromatic carbocycles. The lowest BCUT2D eigenvalue weighted by Gasteiger charge is -2.21. The summed E-state index contributed by atoms with van der Waals surface area (Å²) in [4.78, 5) is 72.2. The minimum Gasteiger partial charge on any atom is -0.462 e. The van der Waals surface area contributed by atoms with Crippen molar-refractivity contribution in [3.63, 3.8) is 0 Å². The van der Waals surface area contributed by atoms with Gasteiger partial charge in [0.15, 0.2) is 12.2 Å². The molecule has 0 aliphatic heterocycles. The van der Waals surface area contributed by atoms with Crippen LogP contribution in [-0.2, 0) is 65.4 Å². The summed E-state index contributed by atoms with van der Waals surface area (Å²) >= 11 is 0. The molecule has 0 saturated carbocycles. The summed E-state index contributed by atoms with van der Waals surface area (Å²) in [5.41, 5.74) is 0. The van der Waals surface area contributed by atoms with Crippen LogP contribution >= 0.6 is 15.6 Å². The lowest BCUT2D eigenvalue weighted by atomic mass is 9.99. The second kappa shape index (κ2) is 56.3. The van der Waals surface area contributed by atoms with E-state index in [0.29, 0.717) is 25.7 Å². The summed E-state index contributed by atoms with van der Waals surface area (Å²) in [5.74, 6) is 0.122. The lowest BCUT2D eigenvalue weighted by Crippen LogP contribution is -2.30. The van der Waals surface area contributed by atoms with E-state index >= 15 is 0 Å². The van der Waals surface area contributed by atoms with Gasteiger partial charge < -0.3 is 33.8 Å². The molecule has 0 amide bonds. The number of aliphatic hydroxyl groups excluding tert-OH is 1. The molecule has 3 unspecified atom stereocenters. The highest BCUT2D eigenvalue weighted by atomic mass is 31.2. The molecular formula is C65H126O17P2. The smallest absolute Gasteiger partial charge is 0.462 e. The number of carbonyl (C=O) groups excluding carboxylic acids is 4. The SMILES string of the molecule is CCCCCCCCCC(=O)OC[C@H](COP(=O)(O)OC[C@H](O)COP(=O)(O)OC[C@@H](COC(=O)CCCCCCCCCCC(C)CC)OC(=O)CCCCCCCCCCCCCC(C)C)OC(=O)CCCCCCCCCCC(C)C. The largest absolute Gasteiger partial charge is 0.472 e. The molecule has 0 aromatic rings. The molecule has 0 fully saturated rings. The maximum atomic E-state index is 13.0. The molecule has 0 aliphatic carbocycles. The number of hydrogen-bond donors (Lipinski definition) is 3. The van der Waals surface area contributed by atoms with Crippen LogP contribution in [0.1, 0.15) is 318 Å². The number of rotatable bonds is 63. The molecule has 498 valence electrons. The zero-order chi connectivity index (χ0) is 62.4. The Kier molecular flexibility index (Phi) is 55.0. The number of carbonyl (C=O) groups is 4. The van der Waals surface area contributed by atoms with E-state index in [2.05, 4.69) is 48.5 Å². The molecule has 0 radical (unpaired) electrons. The van der Waals surface area contributed by atoms with Gasteiger partial charge in [-0.25, -0.2) is 9.13 Å². The highest BCUT2D eigenvalue weighted by Gasteiger charge is 2.30. The van der Waals surface area contributed by atoms with Crippen LogP contribution in [0.4, 0.5) is 0 Å². The Hall–Kier alpha value is -1.94. The molecule has 0 aliphatic rings. The van der Waals surface area contributed by atoms with Crippen molar-refractivity contribution in [2.45, 2.75) is 336 Å². The van der Waals surface area contributed by atoms with Gasteiger partial charge in [-0.15, -0.1) is 0 Å². The fourth-order valence-corrected chi connectivity index (χ4v) is 11.2. The van der Waals surface area contributed by atoms with E-state index in [0.717, 1.165) is 120 Å². The first-order valence-corrected chi connectivity index (χ1v) is 36.9. The molecule has 3 N–H and O–H groups in total. The first kappa shape index (κ1) is 82.1. The number of phosphoric ester groups is 2. The standard InChI is InChI=1S/C65H126O17P2/c1-8-10-11-12-22-32-39-46-62(67)75-52-60(82-65(70)49-42-35-28-20-18-24-30-37-44-57(5)6)54-79-83(71,72)77-50-59(66)51-78-84(73,74)80-55-61(53-76-63(68)47-40-33-26-21-19-25-31-38-45-58(7)9-2)81-64(69)48-41-34-27-17-15-13-14-16-23-29-36-43-56(3)4/h56-61,66H,8-55H2,1-7H3,(H,71,72)(H,73,74)/t58?,59-,60+,61+/m0/s1. The van der Waals surface area contributed by atoms with Crippen LogP contribution in [0.5, 0.6) is 0 Å².